The maximum atomic E-state index is 15.5. The van der Waals surface area contributed by atoms with Gasteiger partial charge in [0.05, 0.1) is 24.3 Å². The van der Waals surface area contributed by atoms with Crippen LogP contribution >= 0.6 is 0 Å². The van der Waals surface area contributed by atoms with Crippen LogP contribution in [-0.2, 0) is 10.4 Å². The monoisotopic (exact) mass is 450 g/mol. The van der Waals surface area contributed by atoms with E-state index in [1.807, 2.05) is 13.0 Å². The number of nitrogens with zero attached hydrogens (tertiary/aromatic N) is 2. The number of carbonyl (C=O) groups excluding carboxylic acids is 2. The first-order valence-corrected chi connectivity index (χ1v) is 11.1. The van der Waals surface area contributed by atoms with E-state index in [9.17, 15) is 9.59 Å². The number of benzene rings is 2. The predicted molar refractivity (Wildman–Crippen MR) is 122 cm³/mol. The fourth-order valence-corrected chi connectivity index (χ4v) is 4.26. The van der Waals surface area contributed by atoms with E-state index in [-0.39, 0.29) is 43.9 Å². The van der Waals surface area contributed by atoms with Gasteiger partial charge in [0.1, 0.15) is 5.67 Å². The van der Waals surface area contributed by atoms with Crippen LogP contribution < -0.4 is 10.6 Å². The molecule has 8 heteroatoms. The summed E-state index contributed by atoms with van der Waals surface area (Å²) in [5.41, 5.74) is 1.36. The van der Waals surface area contributed by atoms with Crippen molar-refractivity contribution in [3.63, 3.8) is 0 Å². The minimum absolute atomic E-state index is 0.0134. The summed E-state index contributed by atoms with van der Waals surface area (Å²) in [5.74, 6) is -0.190. The number of piperidine rings is 1. The molecule has 0 unspecified atom stereocenters. The lowest BCUT2D eigenvalue weighted by atomic mass is 9.85. The van der Waals surface area contributed by atoms with Gasteiger partial charge in [-0.2, -0.15) is 5.26 Å². The van der Waals surface area contributed by atoms with Crippen LogP contribution in [0.3, 0.4) is 0 Å². The fourth-order valence-electron chi connectivity index (χ4n) is 4.26. The molecular formula is C25H27FN4O3. The van der Waals surface area contributed by atoms with Crippen molar-refractivity contribution in [2.24, 2.45) is 0 Å². The molecule has 0 aromatic heterocycles. The van der Waals surface area contributed by atoms with Crippen molar-refractivity contribution in [2.45, 2.75) is 37.9 Å². The van der Waals surface area contributed by atoms with Crippen molar-refractivity contribution in [1.29, 1.82) is 5.26 Å². The second-order valence-electron chi connectivity index (χ2n) is 8.64. The Kier molecular flexibility index (Phi) is 6.61. The number of urea groups is 1. The molecule has 172 valence electrons. The van der Waals surface area contributed by atoms with Gasteiger partial charge < -0.3 is 20.3 Å². The van der Waals surface area contributed by atoms with Crippen molar-refractivity contribution < 1.29 is 18.7 Å². The number of carbonyl (C=O) groups is 2. The summed E-state index contributed by atoms with van der Waals surface area (Å²) < 4.78 is 20.8. The number of alkyl halides is 1. The van der Waals surface area contributed by atoms with Crippen LogP contribution in [0.1, 0.15) is 46.3 Å². The van der Waals surface area contributed by atoms with Gasteiger partial charge in [0.2, 0.25) is 0 Å². The normalized spacial score (nSPS) is 19.5. The van der Waals surface area contributed by atoms with Gasteiger partial charge in [0.25, 0.3) is 5.91 Å². The molecule has 2 aliphatic rings. The van der Waals surface area contributed by atoms with Gasteiger partial charge in [-0.05, 0) is 48.7 Å². The second kappa shape index (κ2) is 9.59. The number of nitriles is 1. The molecule has 2 aromatic rings. The molecule has 2 saturated heterocycles. The molecule has 2 N–H and O–H groups in total. The van der Waals surface area contributed by atoms with E-state index in [1.165, 1.54) is 0 Å². The van der Waals surface area contributed by atoms with Crippen LogP contribution in [0.25, 0.3) is 0 Å². The highest BCUT2D eigenvalue weighted by atomic mass is 19.1. The lowest BCUT2D eigenvalue weighted by Gasteiger charge is -2.37. The highest BCUT2D eigenvalue weighted by molar-refractivity contribution is 5.97. The molecule has 0 bridgehead atoms. The Morgan fingerprint density at radius 2 is 1.91 bits per heavy atom. The summed E-state index contributed by atoms with van der Waals surface area (Å²) in [4.78, 5) is 27.0. The molecule has 0 saturated carbocycles. The smallest absolute Gasteiger partial charge is 0.319 e. The summed E-state index contributed by atoms with van der Waals surface area (Å²) in [6.45, 7) is 3.56. The molecule has 2 aliphatic heterocycles. The predicted octanol–water partition coefficient (Wildman–Crippen LogP) is 3.88. The number of halogens is 1. The minimum atomic E-state index is -1.52. The molecule has 4 rings (SSSR count). The Labute approximate surface area is 192 Å². The Balaban J connectivity index is 1.39. The van der Waals surface area contributed by atoms with Gasteiger partial charge >= 0.3 is 6.03 Å². The number of amides is 3. The van der Waals surface area contributed by atoms with E-state index < -0.39 is 5.67 Å². The van der Waals surface area contributed by atoms with Crippen LogP contribution in [0.15, 0.2) is 42.5 Å². The molecule has 2 heterocycles. The van der Waals surface area contributed by atoms with Crippen LogP contribution in [0.4, 0.5) is 14.9 Å². The van der Waals surface area contributed by atoms with Crippen LogP contribution in [0, 0.1) is 18.3 Å². The number of nitrogens with one attached hydrogen (secondary N) is 2. The van der Waals surface area contributed by atoms with Crippen molar-refractivity contribution >= 4 is 17.6 Å². The van der Waals surface area contributed by atoms with Crippen LogP contribution in [-0.4, -0.2) is 49.2 Å². The summed E-state index contributed by atoms with van der Waals surface area (Å²) in [6.07, 6.45) is 1.15. The molecular weight excluding hydrogens is 423 g/mol. The minimum Gasteiger partial charge on any atom is -0.379 e. The maximum absolute atomic E-state index is 15.5. The summed E-state index contributed by atoms with van der Waals surface area (Å²) in [7, 11) is 0. The van der Waals surface area contributed by atoms with Crippen LogP contribution in [0.5, 0.6) is 0 Å². The van der Waals surface area contributed by atoms with E-state index in [1.54, 1.807) is 47.4 Å². The molecule has 33 heavy (non-hydrogen) atoms. The Morgan fingerprint density at radius 3 is 2.55 bits per heavy atom. The molecule has 2 fully saturated rings. The molecule has 2 aromatic carbocycles. The van der Waals surface area contributed by atoms with E-state index in [0.717, 1.165) is 12.0 Å². The number of aryl methyl sites for hydroxylation is 1. The largest absolute Gasteiger partial charge is 0.379 e. The lowest BCUT2D eigenvalue weighted by molar-refractivity contribution is 0.0421. The molecule has 1 atom stereocenters. The van der Waals surface area contributed by atoms with Crippen LogP contribution in [0.2, 0.25) is 0 Å². The van der Waals surface area contributed by atoms with E-state index in [0.29, 0.717) is 35.6 Å². The quantitative estimate of drug-likeness (QED) is 0.739. The number of rotatable bonds is 4. The standard InChI is InChI=1S/C25H27FN4O3/c1-17-2-5-19(14-22(17)29-24(32)28-21-8-13-33-16-21)23(31)30-11-9-25(26,10-12-30)20-6-3-18(15-27)4-7-20/h2-7,14,21H,8-13,16H2,1H3,(H2,28,29,32)/t21-/m0/s1. The third-order valence-electron chi connectivity index (χ3n) is 6.37. The van der Waals surface area contributed by atoms with Gasteiger partial charge in [0.15, 0.2) is 0 Å². The average molecular weight is 451 g/mol. The zero-order valence-electron chi connectivity index (χ0n) is 18.6. The first kappa shape index (κ1) is 22.7. The Morgan fingerprint density at radius 1 is 1.18 bits per heavy atom. The summed E-state index contributed by atoms with van der Waals surface area (Å²) in [5, 5.41) is 14.6. The van der Waals surface area contributed by atoms with Gasteiger partial charge in [-0.25, -0.2) is 9.18 Å². The van der Waals surface area contributed by atoms with Crippen molar-refractivity contribution in [1.82, 2.24) is 10.2 Å². The van der Waals surface area contributed by atoms with Gasteiger partial charge in [0, 0.05) is 43.8 Å². The second-order valence-corrected chi connectivity index (χ2v) is 8.64. The Hall–Kier alpha value is -3.44. The summed E-state index contributed by atoms with van der Waals surface area (Å²) in [6, 6.07) is 13.4. The molecule has 0 spiro atoms. The van der Waals surface area contributed by atoms with Gasteiger partial charge in [-0.3, -0.25) is 4.79 Å². The topological polar surface area (TPSA) is 94.5 Å². The number of anilines is 1. The third-order valence-corrected chi connectivity index (χ3v) is 6.37. The van der Waals surface area contributed by atoms with E-state index in [4.69, 9.17) is 10.00 Å². The Bertz CT molecular complexity index is 1070. The maximum Gasteiger partial charge on any atom is 0.319 e. The highest BCUT2D eigenvalue weighted by Crippen LogP contribution is 2.37. The zero-order valence-corrected chi connectivity index (χ0v) is 18.6. The van der Waals surface area contributed by atoms with Gasteiger partial charge in [-0.15, -0.1) is 0 Å². The van der Waals surface area contributed by atoms with E-state index >= 15 is 4.39 Å². The van der Waals surface area contributed by atoms with Crippen molar-refractivity contribution in [3.8, 4) is 6.07 Å². The lowest BCUT2D eigenvalue weighted by Crippen LogP contribution is -2.43. The van der Waals surface area contributed by atoms with Crippen molar-refractivity contribution in [2.75, 3.05) is 31.6 Å². The molecule has 0 radical (unpaired) electrons. The zero-order chi connectivity index (χ0) is 23.4. The fraction of sp³-hybridized carbons (Fsp3) is 0.400. The van der Waals surface area contributed by atoms with E-state index in [2.05, 4.69) is 10.6 Å². The van der Waals surface area contributed by atoms with Crippen molar-refractivity contribution in [3.05, 3.63) is 64.7 Å². The number of ether oxygens (including phenoxy) is 1. The number of hydrogen-bond acceptors (Lipinski definition) is 4. The highest BCUT2D eigenvalue weighted by Gasteiger charge is 2.37. The number of likely N-dealkylation sites (tertiary alicyclic amines) is 1. The average Bonchev–Trinajstić information content (AvgIpc) is 3.33. The number of hydrogen-bond donors (Lipinski definition) is 2. The first-order chi connectivity index (χ1) is 15.9. The molecule has 0 aliphatic carbocycles. The third kappa shape index (κ3) is 5.15. The van der Waals surface area contributed by atoms with Gasteiger partial charge in [-0.1, -0.05) is 18.2 Å². The summed E-state index contributed by atoms with van der Waals surface area (Å²) >= 11 is 0. The molecule has 3 amide bonds. The first-order valence-electron chi connectivity index (χ1n) is 11.1. The SMILES string of the molecule is Cc1ccc(C(=O)N2CCC(F)(c3ccc(C#N)cc3)CC2)cc1NC(=O)N[C@H]1CCOC1. The molecule has 7 nitrogen and oxygen atoms in total.